The molecule has 3 N–H and O–H groups in total. The molecule has 4 rings (SSSR count). The fourth-order valence-corrected chi connectivity index (χ4v) is 4.42. The maximum atomic E-state index is 12.3. The third-order valence-corrected chi connectivity index (χ3v) is 6.61. The molecule has 0 saturated heterocycles. The van der Waals surface area contributed by atoms with E-state index in [2.05, 4.69) is 40.7 Å². The molecule has 3 aromatic rings. The number of amides is 1. The topological polar surface area (TPSA) is 112 Å². The van der Waals surface area contributed by atoms with Crippen LogP contribution < -0.4 is 10.6 Å². The summed E-state index contributed by atoms with van der Waals surface area (Å²) in [6.07, 6.45) is 5.71. The van der Waals surface area contributed by atoms with Crippen molar-refractivity contribution in [3.05, 3.63) is 103 Å². The molecule has 41 heavy (non-hydrogen) atoms. The van der Waals surface area contributed by atoms with Crippen LogP contribution in [0.15, 0.2) is 72.8 Å². The number of aromatic nitrogens is 1. The number of carboxylic acid groups (broad SMARTS) is 1. The van der Waals surface area contributed by atoms with Gasteiger partial charge in [-0.15, -0.1) is 6.54 Å². The molecule has 1 aliphatic rings. The summed E-state index contributed by atoms with van der Waals surface area (Å²) >= 11 is 0.611. The van der Waals surface area contributed by atoms with Crippen LogP contribution in [-0.4, -0.2) is 59.1 Å². The van der Waals surface area contributed by atoms with Crippen LogP contribution in [0.2, 0.25) is 0 Å². The van der Waals surface area contributed by atoms with Crippen molar-refractivity contribution in [3.63, 3.8) is 0 Å². The molecular weight excluding hydrogens is 695 g/mol. The monoisotopic (exact) mass is 736 g/mol. The fraction of sp³-hybridized carbons (Fsp3) is 0.375. The molecule has 0 saturated carbocycles. The molecule has 0 spiro atoms. The molecule has 0 unspecified atom stereocenters. The Labute approximate surface area is 254 Å². The van der Waals surface area contributed by atoms with Crippen molar-refractivity contribution in [2.45, 2.75) is 51.0 Å². The van der Waals surface area contributed by atoms with Crippen molar-refractivity contribution < 1.29 is 36.8 Å². The van der Waals surface area contributed by atoms with Crippen LogP contribution in [-0.2, 0) is 50.9 Å². The van der Waals surface area contributed by atoms with Crippen LogP contribution in [0.4, 0.5) is 5.82 Å². The Bertz CT molecular complexity index is 1120. The van der Waals surface area contributed by atoms with Crippen LogP contribution in [0.1, 0.15) is 42.5 Å². The molecule has 0 bridgehead atoms. The Balaban J connectivity index is 0.000000640. The van der Waals surface area contributed by atoms with Gasteiger partial charge in [-0.3, -0.25) is 4.79 Å². The number of hydrogen-bond acceptors (Lipinski definition) is 6. The number of carboxylic acids is 1. The number of nitrogens with zero attached hydrogens (tertiary/aromatic N) is 2. The van der Waals surface area contributed by atoms with Gasteiger partial charge in [0.2, 0.25) is 5.91 Å². The van der Waals surface area contributed by atoms with Crippen molar-refractivity contribution in [2.75, 3.05) is 31.5 Å². The Morgan fingerprint density at radius 1 is 1.05 bits per heavy atom. The van der Waals surface area contributed by atoms with Gasteiger partial charge in [0.15, 0.2) is 0 Å². The first-order chi connectivity index (χ1) is 20.0. The number of pyridine rings is 1. The number of hydrogen-bond donors (Lipinski definition) is 3. The Hall–Kier alpha value is -3.27. The maximum Gasteiger partial charge on any atom is -0.171 e. The predicted octanol–water partition coefficient (Wildman–Crippen LogP) is 4.47. The van der Waals surface area contributed by atoms with E-state index in [1.54, 1.807) is 0 Å². The van der Waals surface area contributed by atoms with Crippen molar-refractivity contribution in [1.82, 2.24) is 15.2 Å². The van der Waals surface area contributed by atoms with Crippen molar-refractivity contribution >= 4 is 17.7 Å². The first-order valence-electron chi connectivity index (χ1n) is 13.9. The first kappa shape index (κ1) is 33.9. The number of fused-ring (bicyclic) bond motifs is 1. The number of carbonyl (C=O) groups is 2. The van der Waals surface area contributed by atoms with Crippen molar-refractivity contribution in [2.24, 2.45) is 0 Å². The fourth-order valence-electron chi connectivity index (χ4n) is 4.42. The van der Waals surface area contributed by atoms with Crippen molar-refractivity contribution in [1.29, 1.82) is 0 Å². The van der Waals surface area contributed by atoms with Gasteiger partial charge in [-0.2, -0.15) is 36.4 Å². The zero-order valence-electron chi connectivity index (χ0n) is 23.4. The average Bonchev–Trinajstić information content (AvgIpc) is 3.02. The number of anilines is 1. The minimum absolute atomic E-state index is 0.177. The van der Waals surface area contributed by atoms with E-state index >= 15 is 0 Å². The molecule has 2 heterocycles. The molecule has 2 aromatic carbocycles. The minimum atomic E-state index is -1.01. The van der Waals surface area contributed by atoms with E-state index in [1.807, 2.05) is 60.7 Å². The van der Waals surface area contributed by atoms with E-state index in [0.29, 0.717) is 38.1 Å². The summed E-state index contributed by atoms with van der Waals surface area (Å²) in [6, 6.07) is 25.2. The standard InChI is InChI=1S/C26H35N4O3.C6H5.O.Os/c1-2-30(17-7-6-12-22-14-13-21-11-8-16-27-25(21)28-22)18-15-23(26(32)33)29-24(31)19-20-9-4-3-5-10-20;1-2-4-6-5-3-1;;/h3-5,9-10,13-14,23H,1-2,6-8,11-12,15-19H2,(H,27,28)(H,29,31)(H,32,33);1-5H;;/q2*-1;;/t23-;;;/m0.../s1. The van der Waals surface area contributed by atoms with E-state index in [4.69, 9.17) is 8.52 Å². The number of nitrogens with one attached hydrogen (secondary N) is 2. The summed E-state index contributed by atoms with van der Waals surface area (Å²) in [5.74, 6) is -0.249. The Morgan fingerprint density at radius 3 is 2.41 bits per heavy atom. The van der Waals surface area contributed by atoms with Crippen LogP contribution in [0, 0.1) is 13.0 Å². The third kappa shape index (κ3) is 13.8. The van der Waals surface area contributed by atoms with Gasteiger partial charge in [0.25, 0.3) is 0 Å². The molecule has 8 nitrogen and oxygen atoms in total. The molecule has 222 valence electrons. The van der Waals surface area contributed by atoms with E-state index in [-0.39, 0.29) is 12.3 Å². The first-order valence-corrected chi connectivity index (χ1v) is 14.9. The Morgan fingerprint density at radius 2 is 1.78 bits per heavy atom. The second-order valence-corrected chi connectivity index (χ2v) is 9.63. The minimum Gasteiger partial charge on any atom is -0.184 e. The number of aryl methyl sites for hydroxylation is 2. The van der Waals surface area contributed by atoms with Gasteiger partial charge in [-0.1, -0.05) is 36.4 Å². The zero-order valence-corrected chi connectivity index (χ0v) is 26.0. The Kier molecular flexibility index (Phi) is 17.0. The van der Waals surface area contributed by atoms with Gasteiger partial charge in [0.1, 0.15) is 11.9 Å². The molecule has 0 radical (unpaired) electrons. The summed E-state index contributed by atoms with van der Waals surface area (Å²) < 4.78 is 8.28. The van der Waals surface area contributed by atoms with Crippen molar-refractivity contribution in [3.8, 4) is 0 Å². The molecule has 0 aliphatic carbocycles. The normalized spacial score (nSPS) is 12.4. The summed E-state index contributed by atoms with van der Waals surface area (Å²) in [5.41, 5.74) is 3.27. The second-order valence-electron chi connectivity index (χ2n) is 9.63. The molecule has 1 amide bonds. The number of unbranched alkanes of at least 4 members (excludes halogenated alkanes) is 1. The molecule has 1 aliphatic heterocycles. The SMILES string of the molecule is [CH2-]CN(CCCCc1ccc2c(n1)NCCC2)CC[C@H](NC(=O)Cc1ccccc1)C(=O)O.[O]=[Os].[c-]1ccccc1. The molecular formula is C32H40N4O4Os-2. The van der Waals surface area contributed by atoms with Crippen LogP contribution in [0.3, 0.4) is 0 Å². The van der Waals surface area contributed by atoms with E-state index in [0.717, 1.165) is 62.3 Å². The van der Waals surface area contributed by atoms with Crippen LogP contribution in [0.25, 0.3) is 0 Å². The quantitative estimate of drug-likeness (QED) is 0.176. The third-order valence-electron chi connectivity index (χ3n) is 6.61. The average molecular weight is 735 g/mol. The number of carbonyl (C=O) groups excluding carboxylic acids is 1. The van der Waals surface area contributed by atoms with E-state index in [9.17, 15) is 14.7 Å². The van der Waals surface area contributed by atoms with Gasteiger partial charge >= 0.3 is 28.1 Å². The largest absolute Gasteiger partial charge is 0.184 e. The van der Waals surface area contributed by atoms with E-state index in [1.165, 1.54) is 5.56 Å². The van der Waals surface area contributed by atoms with Gasteiger partial charge in [-0.05, 0) is 68.8 Å². The van der Waals surface area contributed by atoms with E-state index < -0.39 is 12.0 Å². The maximum absolute atomic E-state index is 12.3. The van der Waals surface area contributed by atoms with Gasteiger partial charge < -0.3 is 27.6 Å². The van der Waals surface area contributed by atoms with Gasteiger partial charge in [-0.25, -0.2) is 9.78 Å². The molecule has 9 heteroatoms. The van der Waals surface area contributed by atoms with Gasteiger partial charge in [0, 0.05) is 12.2 Å². The summed E-state index contributed by atoms with van der Waals surface area (Å²) in [6.45, 7) is 7.00. The summed E-state index contributed by atoms with van der Waals surface area (Å²) in [4.78, 5) is 30.8. The van der Waals surface area contributed by atoms with Gasteiger partial charge in [0.05, 0.1) is 6.42 Å². The zero-order chi connectivity index (χ0) is 29.7. The number of benzene rings is 2. The molecule has 0 fully saturated rings. The number of aliphatic carboxylic acids is 1. The van der Waals surface area contributed by atoms with Crippen LogP contribution >= 0.6 is 0 Å². The molecule has 1 aromatic heterocycles. The van der Waals surface area contributed by atoms with Crippen LogP contribution in [0.5, 0.6) is 0 Å². The number of rotatable bonds is 13. The summed E-state index contributed by atoms with van der Waals surface area (Å²) in [7, 11) is 0. The summed E-state index contributed by atoms with van der Waals surface area (Å²) in [5, 5.41) is 15.6. The second kappa shape index (κ2) is 20.6. The molecule has 1 atom stereocenters. The predicted molar refractivity (Wildman–Crippen MR) is 156 cm³/mol. The smallest absolute Gasteiger partial charge is 0.171 e.